The first kappa shape index (κ1) is 71.9. The van der Waals surface area contributed by atoms with Crippen LogP contribution in [0.3, 0.4) is 0 Å². The second kappa shape index (κ2) is 32.8. The SMILES string of the molecule is COc1cc2nccc(Cl)c2cc1C(N)=O.COc1cc2nccc(Oc3ccc4nc(NC5CC5)sc4c3)c2cc1C(N)=O.COc1ccc2nc(Cl)sc2c1.COc1ccc2nc(N)sc2c1.COc1ccc2nc(NC3CC3)sc2c1.NC1CC1.Oc1ccc2nc(NC3CC3)sc2c1. The molecule has 4 fully saturated rings. The van der Waals surface area contributed by atoms with E-state index in [0.717, 1.165) is 79.0 Å². The summed E-state index contributed by atoms with van der Waals surface area (Å²) < 4.78 is 37.7. The third kappa shape index (κ3) is 19.2. The number of rotatable bonds is 15. The van der Waals surface area contributed by atoms with Gasteiger partial charge in [-0.15, -0.1) is 11.3 Å². The number of nitrogens with two attached hydrogens (primary N) is 4. The molecular weight excluding hydrogens is 1440 g/mol. The molecule has 2 amide bonds. The summed E-state index contributed by atoms with van der Waals surface area (Å²) in [5.74, 6) is 3.80. The summed E-state index contributed by atoms with van der Waals surface area (Å²) in [6, 6.07) is 40.9. The molecule has 526 valence electrons. The van der Waals surface area contributed by atoms with Crippen LogP contribution in [0.2, 0.25) is 9.49 Å². The second-order valence-electron chi connectivity index (χ2n) is 23.5. The third-order valence-electron chi connectivity index (χ3n) is 15.6. The van der Waals surface area contributed by atoms with E-state index in [1.807, 2.05) is 78.9 Å². The minimum atomic E-state index is -0.569. The number of methoxy groups -OCH3 is 5. The molecule has 0 spiro atoms. The number of benzene rings is 7. The number of anilines is 4. The molecule has 4 saturated carbocycles. The van der Waals surface area contributed by atoms with Crippen LogP contribution >= 0.6 is 79.9 Å². The van der Waals surface area contributed by atoms with Crippen LogP contribution in [0.4, 0.5) is 20.5 Å². The fourth-order valence-electron chi connectivity index (χ4n) is 9.68. The molecule has 12 N–H and O–H groups in total. The molecule has 18 rings (SSSR count). The molecule has 30 heteroatoms. The van der Waals surface area contributed by atoms with E-state index in [-0.39, 0.29) is 5.56 Å². The molecule has 7 aromatic carbocycles. The first-order valence-corrected chi connectivity index (χ1v) is 36.9. The standard InChI is InChI=1S/C21H18N4O3S.C11H9ClN2O2.C11H12N2OS.C10H10N2OS.C8H6ClNOS.C8H8N2OS.C3H7N/c1-27-18-10-16-13(9-14(18)20(22)26)17(6-7-23-16)28-12-4-5-15-19(8-12)29-21(25-15)24-11-2-3-11;1-16-10-5-9-6(4-7(10)11(13)15)8(12)2-3-14-9;1-14-8-4-5-9-10(6-8)15-11(13-9)12-7-2-3-7;13-7-3-4-8-9(5-7)14-10(12-8)11-6-1-2-6;2*1-11-5-2-3-6-7(4-5)12-8(9)10-6;4-3-1-2-3/h4-11H,2-3H2,1H3,(H2,22,26)(H,24,25);2-5H,1H3,(H2,13,15);4-7H,2-3H2,1H3,(H,12,13);3-6,13H,1-2H2,(H,11,12);2-4H,1H3;2-4H,1H3,(H2,9,10);3H,1-2,4H2. The Bertz CT molecular complexity index is 5230. The molecule has 0 unspecified atom stereocenters. The molecule has 0 aliphatic heterocycles. The van der Waals surface area contributed by atoms with Gasteiger partial charge in [-0.05, 0) is 161 Å². The number of nitrogen functional groups attached to an aromatic ring is 1. The van der Waals surface area contributed by atoms with Crippen molar-refractivity contribution >= 4 is 185 Å². The van der Waals surface area contributed by atoms with Gasteiger partial charge in [0, 0.05) is 65.5 Å². The van der Waals surface area contributed by atoms with E-state index in [0.29, 0.717) is 94.9 Å². The maximum Gasteiger partial charge on any atom is 0.252 e. The molecule has 0 radical (unpaired) electrons. The zero-order valence-corrected chi connectivity index (χ0v) is 61.3. The Balaban J connectivity index is 0.000000118. The van der Waals surface area contributed by atoms with E-state index < -0.39 is 11.8 Å². The highest BCUT2D eigenvalue weighted by atomic mass is 35.5. The Morgan fingerprint density at radius 2 is 0.833 bits per heavy atom. The summed E-state index contributed by atoms with van der Waals surface area (Å²) in [7, 11) is 7.93. The number of hydrogen-bond acceptors (Lipinski definition) is 26. The van der Waals surface area contributed by atoms with Gasteiger partial charge < -0.3 is 72.4 Å². The van der Waals surface area contributed by atoms with Crippen LogP contribution in [0.5, 0.6) is 46.0 Å². The van der Waals surface area contributed by atoms with Gasteiger partial charge in [0.2, 0.25) is 0 Å². The zero-order valence-electron chi connectivity index (χ0n) is 55.7. The number of nitrogens with one attached hydrogen (secondary N) is 3. The van der Waals surface area contributed by atoms with E-state index in [1.54, 1.807) is 116 Å². The van der Waals surface area contributed by atoms with Crippen LogP contribution in [0, 0.1) is 0 Å². The molecule has 4 aliphatic rings. The summed E-state index contributed by atoms with van der Waals surface area (Å²) in [6.45, 7) is 0. The third-order valence-corrected chi connectivity index (χ3v) is 20.8. The highest BCUT2D eigenvalue weighted by molar-refractivity contribution is 7.23. The van der Waals surface area contributed by atoms with Crippen molar-refractivity contribution in [3.05, 3.63) is 160 Å². The van der Waals surface area contributed by atoms with Gasteiger partial charge in [-0.3, -0.25) is 19.6 Å². The lowest BCUT2D eigenvalue weighted by atomic mass is 10.1. The normalized spacial score (nSPS) is 13.5. The minimum Gasteiger partial charge on any atom is -0.508 e. The molecule has 0 saturated heterocycles. The highest BCUT2D eigenvalue weighted by Gasteiger charge is 2.25. The van der Waals surface area contributed by atoms with Crippen LogP contribution < -0.4 is 67.3 Å². The number of primary amides is 2. The van der Waals surface area contributed by atoms with Gasteiger partial charge in [0.1, 0.15) is 46.0 Å². The van der Waals surface area contributed by atoms with E-state index >= 15 is 0 Å². The van der Waals surface area contributed by atoms with Gasteiger partial charge in [0.25, 0.3) is 11.8 Å². The summed E-state index contributed by atoms with van der Waals surface area (Å²) in [5.41, 5.74) is 28.2. The molecule has 0 atom stereocenters. The summed E-state index contributed by atoms with van der Waals surface area (Å²) in [5, 5.41) is 24.9. The van der Waals surface area contributed by atoms with Crippen LogP contribution in [-0.2, 0) is 0 Å². The Morgan fingerprint density at radius 3 is 1.28 bits per heavy atom. The molecular formula is C72H70Cl2N14O9S5. The second-order valence-corrected chi connectivity index (χ2v) is 29.7. The van der Waals surface area contributed by atoms with E-state index in [4.69, 9.17) is 74.6 Å². The molecule has 14 aromatic rings. The van der Waals surface area contributed by atoms with E-state index in [2.05, 4.69) is 50.8 Å². The molecule has 0 bridgehead atoms. The van der Waals surface area contributed by atoms with Crippen molar-refractivity contribution < 1.29 is 43.1 Å². The number of amides is 2. The zero-order chi connectivity index (χ0) is 71.6. The average molecular weight is 1510 g/mol. The number of thiazole rings is 5. The average Bonchev–Trinajstić information content (AvgIpc) is 0.862. The summed E-state index contributed by atoms with van der Waals surface area (Å²) >= 11 is 19.6. The lowest BCUT2D eigenvalue weighted by Gasteiger charge is -2.11. The number of phenols is 1. The van der Waals surface area contributed by atoms with Gasteiger partial charge in [-0.2, -0.15) is 0 Å². The van der Waals surface area contributed by atoms with Crippen LogP contribution in [-0.4, -0.2) is 112 Å². The number of nitrogens with zero attached hydrogens (tertiary/aromatic N) is 7. The largest absolute Gasteiger partial charge is 0.508 e. The Labute approximate surface area is 615 Å². The van der Waals surface area contributed by atoms with Crippen molar-refractivity contribution in [2.45, 2.75) is 75.5 Å². The fourth-order valence-corrected chi connectivity index (χ4v) is 14.6. The molecule has 102 heavy (non-hydrogen) atoms. The number of pyridine rings is 2. The Morgan fingerprint density at radius 1 is 0.441 bits per heavy atom. The maximum atomic E-state index is 11.8. The van der Waals surface area contributed by atoms with Crippen molar-refractivity contribution in [1.29, 1.82) is 0 Å². The number of ether oxygens (including phenoxy) is 6. The number of aromatic hydroxyl groups is 1. The minimum absolute atomic E-state index is 0.284. The first-order chi connectivity index (χ1) is 49.4. The number of carbonyl (C=O) groups is 2. The van der Waals surface area contributed by atoms with Crippen molar-refractivity contribution in [2.75, 3.05) is 57.2 Å². The van der Waals surface area contributed by atoms with Gasteiger partial charge in [0.15, 0.2) is 25.0 Å². The predicted molar refractivity (Wildman–Crippen MR) is 415 cm³/mol. The van der Waals surface area contributed by atoms with Gasteiger partial charge in [-0.1, -0.05) is 68.5 Å². The molecule has 4 aliphatic carbocycles. The monoisotopic (exact) mass is 1500 g/mol. The van der Waals surface area contributed by atoms with E-state index in [9.17, 15) is 14.7 Å². The number of aromatic nitrogens is 7. The number of carbonyl (C=O) groups excluding carboxylic acids is 2. The summed E-state index contributed by atoms with van der Waals surface area (Å²) in [4.78, 5) is 53.3. The van der Waals surface area contributed by atoms with Crippen molar-refractivity contribution in [3.8, 4) is 46.0 Å². The number of phenolic OH excluding ortho intramolecular Hbond substituents is 1. The molecule has 7 aromatic heterocycles. The predicted octanol–water partition coefficient (Wildman–Crippen LogP) is 16.7. The number of hydrogen-bond donors (Lipinski definition) is 8. The van der Waals surface area contributed by atoms with E-state index in [1.165, 1.54) is 93.0 Å². The molecule has 7 heterocycles. The summed E-state index contributed by atoms with van der Waals surface area (Å²) in [6.07, 6.45) is 13.2. The van der Waals surface area contributed by atoms with Crippen molar-refractivity contribution in [3.63, 3.8) is 0 Å². The highest BCUT2D eigenvalue weighted by Crippen LogP contribution is 2.39. The maximum absolute atomic E-state index is 11.8. The van der Waals surface area contributed by atoms with Gasteiger partial charge >= 0.3 is 0 Å². The van der Waals surface area contributed by atoms with Crippen LogP contribution in [0.1, 0.15) is 72.1 Å². The topological polar surface area (TPSA) is 340 Å². The lowest BCUT2D eigenvalue weighted by Crippen LogP contribution is -2.12. The number of halogens is 2. The fraction of sp³-hybridized carbons (Fsp3) is 0.236. The van der Waals surface area contributed by atoms with Crippen molar-refractivity contribution in [1.82, 2.24) is 34.9 Å². The first-order valence-electron chi connectivity index (χ1n) is 32.0. The van der Waals surface area contributed by atoms with Gasteiger partial charge in [0.05, 0.1) is 114 Å². The van der Waals surface area contributed by atoms with Gasteiger partial charge in [-0.25, -0.2) is 24.9 Å². The van der Waals surface area contributed by atoms with Crippen molar-refractivity contribution in [2.24, 2.45) is 17.2 Å². The lowest BCUT2D eigenvalue weighted by molar-refractivity contribution is 0.0989. The van der Waals surface area contributed by atoms with Crippen LogP contribution in [0.15, 0.2) is 140 Å². The smallest absolute Gasteiger partial charge is 0.252 e. The Hall–Kier alpha value is -9.91. The van der Waals surface area contributed by atoms with Crippen LogP contribution in [0.25, 0.3) is 72.9 Å². The number of fused-ring (bicyclic) bond motifs is 7. The Kier molecular flexibility index (Phi) is 23.1. The molecule has 23 nitrogen and oxygen atoms in total. The quantitative estimate of drug-likeness (QED) is 0.0473.